The molecule has 2 aromatic carbocycles. The summed E-state index contributed by atoms with van der Waals surface area (Å²) < 4.78 is 21.2. The largest absolute Gasteiger partial charge is 0.378 e. The van der Waals surface area contributed by atoms with Crippen LogP contribution in [0.15, 0.2) is 48.5 Å². The number of hydrogen-bond acceptors (Lipinski definition) is 4. The van der Waals surface area contributed by atoms with E-state index in [0.29, 0.717) is 0 Å². The highest BCUT2D eigenvalue weighted by atomic mass is 19.1. The zero-order chi connectivity index (χ0) is 19.5. The number of halogens is 1. The zero-order valence-corrected chi connectivity index (χ0v) is 16.5. The van der Waals surface area contributed by atoms with E-state index in [-0.39, 0.29) is 11.9 Å². The number of rotatable bonds is 6. The number of anilines is 1. The molecule has 1 unspecified atom stereocenters. The van der Waals surface area contributed by atoms with Crippen molar-refractivity contribution >= 4 is 16.7 Å². The third-order valence-corrected chi connectivity index (χ3v) is 5.59. The van der Waals surface area contributed by atoms with Gasteiger partial charge in [0.1, 0.15) is 11.6 Å². The Balaban J connectivity index is 1.37. The summed E-state index contributed by atoms with van der Waals surface area (Å²) in [4.78, 5) is 9.42. The molecule has 2 heterocycles. The van der Waals surface area contributed by atoms with Gasteiger partial charge in [-0.3, -0.25) is 4.90 Å². The zero-order valence-electron chi connectivity index (χ0n) is 16.5. The van der Waals surface area contributed by atoms with Crippen LogP contribution in [0.5, 0.6) is 0 Å². The SMILES string of the molecule is COC(CN1CCN(c2ccc(F)cc2)CC1)Cn1c(C)nc2ccccc21. The molecule has 1 aliphatic rings. The Morgan fingerprint density at radius 3 is 2.43 bits per heavy atom. The number of piperazine rings is 1. The highest BCUT2D eigenvalue weighted by Crippen LogP contribution is 2.19. The first-order chi connectivity index (χ1) is 13.6. The topological polar surface area (TPSA) is 33.5 Å². The number of para-hydroxylation sites is 2. The Labute approximate surface area is 165 Å². The summed E-state index contributed by atoms with van der Waals surface area (Å²) in [5.74, 6) is 0.831. The number of fused-ring (bicyclic) bond motifs is 1. The van der Waals surface area contributed by atoms with Crippen molar-refractivity contribution in [2.24, 2.45) is 0 Å². The first kappa shape index (κ1) is 18.9. The van der Waals surface area contributed by atoms with Crippen molar-refractivity contribution < 1.29 is 9.13 Å². The van der Waals surface area contributed by atoms with Crippen molar-refractivity contribution in [2.45, 2.75) is 19.6 Å². The molecule has 1 fully saturated rings. The molecule has 1 aliphatic heterocycles. The van der Waals surface area contributed by atoms with Gasteiger partial charge in [-0.1, -0.05) is 12.1 Å². The van der Waals surface area contributed by atoms with Gasteiger partial charge in [-0.05, 0) is 43.3 Å². The molecule has 1 aromatic heterocycles. The van der Waals surface area contributed by atoms with Crippen molar-refractivity contribution in [1.82, 2.24) is 14.5 Å². The molecular formula is C22H27FN4O. The maximum atomic E-state index is 13.1. The molecule has 0 aliphatic carbocycles. The van der Waals surface area contributed by atoms with Gasteiger partial charge >= 0.3 is 0 Å². The lowest BCUT2D eigenvalue weighted by Gasteiger charge is -2.37. The lowest BCUT2D eigenvalue weighted by atomic mass is 10.2. The molecule has 28 heavy (non-hydrogen) atoms. The van der Waals surface area contributed by atoms with Crippen molar-refractivity contribution in [2.75, 3.05) is 44.7 Å². The van der Waals surface area contributed by atoms with E-state index in [1.807, 2.05) is 25.1 Å². The van der Waals surface area contributed by atoms with Crippen LogP contribution in [0.3, 0.4) is 0 Å². The van der Waals surface area contributed by atoms with Crippen molar-refractivity contribution in [3.63, 3.8) is 0 Å². The fraction of sp³-hybridized carbons (Fsp3) is 0.409. The van der Waals surface area contributed by atoms with Crippen LogP contribution >= 0.6 is 0 Å². The molecule has 3 aromatic rings. The van der Waals surface area contributed by atoms with Crippen LogP contribution in [0.4, 0.5) is 10.1 Å². The Morgan fingerprint density at radius 2 is 1.71 bits per heavy atom. The molecular weight excluding hydrogens is 355 g/mol. The normalized spacial score (nSPS) is 16.6. The smallest absolute Gasteiger partial charge is 0.123 e. The second-order valence-electron chi connectivity index (χ2n) is 7.38. The van der Waals surface area contributed by atoms with E-state index >= 15 is 0 Å². The van der Waals surface area contributed by atoms with Gasteiger partial charge in [0.15, 0.2) is 0 Å². The predicted molar refractivity (Wildman–Crippen MR) is 110 cm³/mol. The quantitative estimate of drug-likeness (QED) is 0.655. The maximum absolute atomic E-state index is 13.1. The van der Waals surface area contributed by atoms with Crippen LogP contribution in [-0.4, -0.2) is 60.4 Å². The summed E-state index contributed by atoms with van der Waals surface area (Å²) in [6.45, 7) is 7.56. The highest BCUT2D eigenvalue weighted by Gasteiger charge is 2.21. The summed E-state index contributed by atoms with van der Waals surface area (Å²) in [6.07, 6.45) is 0.105. The van der Waals surface area contributed by atoms with Gasteiger partial charge in [-0.15, -0.1) is 0 Å². The van der Waals surface area contributed by atoms with Gasteiger partial charge in [-0.25, -0.2) is 9.37 Å². The number of aromatic nitrogens is 2. The summed E-state index contributed by atoms with van der Waals surface area (Å²) in [5.41, 5.74) is 3.27. The van der Waals surface area contributed by atoms with Gasteiger partial charge in [0.05, 0.1) is 23.7 Å². The molecule has 0 radical (unpaired) electrons. The lowest BCUT2D eigenvalue weighted by Crippen LogP contribution is -2.49. The molecule has 0 spiro atoms. The van der Waals surface area contributed by atoms with E-state index in [0.717, 1.165) is 61.8 Å². The van der Waals surface area contributed by atoms with E-state index in [9.17, 15) is 4.39 Å². The minimum Gasteiger partial charge on any atom is -0.378 e. The summed E-state index contributed by atoms with van der Waals surface area (Å²) in [5, 5.41) is 0. The van der Waals surface area contributed by atoms with Crippen LogP contribution < -0.4 is 4.90 Å². The van der Waals surface area contributed by atoms with Crippen LogP contribution in [-0.2, 0) is 11.3 Å². The lowest BCUT2D eigenvalue weighted by molar-refractivity contribution is 0.0504. The third-order valence-electron chi connectivity index (χ3n) is 5.59. The third kappa shape index (κ3) is 4.03. The molecule has 4 rings (SSSR count). The number of nitrogens with zero attached hydrogens (tertiary/aromatic N) is 4. The summed E-state index contributed by atoms with van der Waals surface area (Å²) >= 11 is 0. The average Bonchev–Trinajstić information content (AvgIpc) is 3.04. The van der Waals surface area contributed by atoms with E-state index < -0.39 is 0 Å². The van der Waals surface area contributed by atoms with Crippen LogP contribution in [0.2, 0.25) is 0 Å². The number of ether oxygens (including phenoxy) is 1. The Bertz CT molecular complexity index is 916. The molecule has 5 nitrogen and oxygen atoms in total. The standard InChI is InChI=1S/C22H27FN4O/c1-17-24-21-5-3-4-6-22(21)27(17)16-20(28-2)15-25-11-13-26(14-12-25)19-9-7-18(23)8-10-19/h3-10,20H,11-16H2,1-2H3. The number of aryl methyl sites for hydroxylation is 1. The molecule has 0 amide bonds. The fourth-order valence-electron chi connectivity index (χ4n) is 3.97. The fourth-order valence-corrected chi connectivity index (χ4v) is 3.97. The van der Waals surface area contributed by atoms with Gasteiger partial charge in [-0.2, -0.15) is 0 Å². The minimum atomic E-state index is -0.187. The molecule has 0 saturated carbocycles. The number of benzene rings is 2. The molecule has 148 valence electrons. The predicted octanol–water partition coefficient (Wildman–Crippen LogP) is 3.32. The second-order valence-corrected chi connectivity index (χ2v) is 7.38. The first-order valence-electron chi connectivity index (χ1n) is 9.81. The monoisotopic (exact) mass is 382 g/mol. The molecule has 1 saturated heterocycles. The van der Waals surface area contributed by atoms with E-state index in [2.05, 4.69) is 37.5 Å². The maximum Gasteiger partial charge on any atom is 0.123 e. The highest BCUT2D eigenvalue weighted by molar-refractivity contribution is 5.75. The number of methoxy groups -OCH3 is 1. The van der Waals surface area contributed by atoms with Crippen LogP contribution in [0.1, 0.15) is 5.82 Å². The average molecular weight is 382 g/mol. The number of hydrogen-bond donors (Lipinski definition) is 0. The van der Waals surface area contributed by atoms with Gasteiger partial charge < -0.3 is 14.2 Å². The Hall–Kier alpha value is -2.44. The van der Waals surface area contributed by atoms with Gasteiger partial charge in [0, 0.05) is 45.5 Å². The molecule has 6 heteroatoms. The first-order valence-corrected chi connectivity index (χ1v) is 9.81. The Kier molecular flexibility index (Phi) is 5.59. The van der Waals surface area contributed by atoms with Gasteiger partial charge in [0.25, 0.3) is 0 Å². The van der Waals surface area contributed by atoms with E-state index in [1.54, 1.807) is 7.11 Å². The van der Waals surface area contributed by atoms with Crippen molar-refractivity contribution in [3.8, 4) is 0 Å². The number of imidazole rings is 1. The van der Waals surface area contributed by atoms with E-state index in [4.69, 9.17) is 4.74 Å². The van der Waals surface area contributed by atoms with E-state index in [1.165, 1.54) is 12.1 Å². The van der Waals surface area contributed by atoms with Crippen molar-refractivity contribution in [1.29, 1.82) is 0 Å². The molecule has 0 bridgehead atoms. The second kappa shape index (κ2) is 8.29. The summed E-state index contributed by atoms with van der Waals surface area (Å²) in [7, 11) is 1.79. The molecule has 0 N–H and O–H groups in total. The summed E-state index contributed by atoms with van der Waals surface area (Å²) in [6, 6.07) is 15.0. The van der Waals surface area contributed by atoms with Gasteiger partial charge in [0.2, 0.25) is 0 Å². The minimum absolute atomic E-state index is 0.105. The molecule has 1 atom stereocenters. The van der Waals surface area contributed by atoms with Crippen LogP contribution in [0, 0.1) is 12.7 Å². The van der Waals surface area contributed by atoms with Crippen LogP contribution in [0.25, 0.3) is 11.0 Å². The van der Waals surface area contributed by atoms with Crippen molar-refractivity contribution in [3.05, 3.63) is 60.2 Å². The Morgan fingerprint density at radius 1 is 1.00 bits per heavy atom.